The first kappa shape index (κ1) is 18.7. The second kappa shape index (κ2) is 8.10. The maximum atomic E-state index is 12.6. The summed E-state index contributed by atoms with van der Waals surface area (Å²) in [5, 5.41) is 2.98. The molecule has 0 fully saturated rings. The standard InChI is InChI=1S/C20H23BrN2O3/c1-13-4-6-17(16(21)10-13)22-20(24)14(2)23(3)12-15-5-7-18-19(11-15)26-9-8-25-18/h4-7,10-11,14H,8-9,12H2,1-3H3,(H,22,24)/t14-/m1/s1. The lowest BCUT2D eigenvalue weighted by Crippen LogP contribution is -2.39. The van der Waals surface area contributed by atoms with Gasteiger partial charge in [0.1, 0.15) is 13.2 Å². The molecule has 1 atom stereocenters. The summed E-state index contributed by atoms with van der Waals surface area (Å²) in [6.07, 6.45) is 0. The summed E-state index contributed by atoms with van der Waals surface area (Å²) in [5.74, 6) is 1.50. The van der Waals surface area contributed by atoms with Crippen molar-refractivity contribution in [1.82, 2.24) is 4.90 Å². The van der Waals surface area contributed by atoms with E-state index in [1.54, 1.807) is 0 Å². The third kappa shape index (κ3) is 4.37. The number of rotatable bonds is 5. The Morgan fingerprint density at radius 1 is 1.19 bits per heavy atom. The van der Waals surface area contributed by atoms with E-state index in [2.05, 4.69) is 21.2 Å². The lowest BCUT2D eigenvalue weighted by molar-refractivity contribution is -0.120. The van der Waals surface area contributed by atoms with Gasteiger partial charge in [-0.1, -0.05) is 12.1 Å². The molecular formula is C20H23BrN2O3. The van der Waals surface area contributed by atoms with Crippen molar-refractivity contribution in [2.45, 2.75) is 26.4 Å². The molecule has 0 spiro atoms. The van der Waals surface area contributed by atoms with Crippen molar-refractivity contribution in [1.29, 1.82) is 0 Å². The lowest BCUT2D eigenvalue weighted by Gasteiger charge is -2.25. The predicted molar refractivity (Wildman–Crippen MR) is 106 cm³/mol. The van der Waals surface area contributed by atoms with Crippen LogP contribution in [0, 0.1) is 6.92 Å². The van der Waals surface area contributed by atoms with Crippen LogP contribution in [-0.2, 0) is 11.3 Å². The quantitative estimate of drug-likeness (QED) is 0.797. The van der Waals surface area contributed by atoms with Crippen molar-refractivity contribution in [3.8, 4) is 11.5 Å². The molecular weight excluding hydrogens is 396 g/mol. The molecule has 1 aliphatic rings. The molecule has 26 heavy (non-hydrogen) atoms. The Balaban J connectivity index is 1.63. The van der Waals surface area contributed by atoms with Crippen molar-refractivity contribution < 1.29 is 14.3 Å². The van der Waals surface area contributed by atoms with Crippen molar-refractivity contribution in [3.05, 3.63) is 52.0 Å². The number of benzene rings is 2. The van der Waals surface area contributed by atoms with E-state index in [9.17, 15) is 4.79 Å². The van der Waals surface area contributed by atoms with Crippen LogP contribution in [0.2, 0.25) is 0 Å². The Morgan fingerprint density at radius 3 is 2.65 bits per heavy atom. The topological polar surface area (TPSA) is 50.8 Å². The number of fused-ring (bicyclic) bond motifs is 1. The highest BCUT2D eigenvalue weighted by molar-refractivity contribution is 9.10. The van der Waals surface area contributed by atoms with E-state index in [1.165, 1.54) is 0 Å². The van der Waals surface area contributed by atoms with E-state index in [4.69, 9.17) is 9.47 Å². The van der Waals surface area contributed by atoms with Gasteiger partial charge in [0, 0.05) is 11.0 Å². The van der Waals surface area contributed by atoms with Crippen molar-refractivity contribution >= 4 is 27.5 Å². The second-order valence-electron chi connectivity index (χ2n) is 6.54. The fourth-order valence-corrected chi connectivity index (χ4v) is 3.36. The molecule has 3 rings (SSSR count). The number of aryl methyl sites for hydroxylation is 1. The Labute approximate surface area is 162 Å². The van der Waals surface area contributed by atoms with E-state index < -0.39 is 0 Å². The van der Waals surface area contributed by atoms with Crippen LogP contribution in [0.15, 0.2) is 40.9 Å². The fraction of sp³-hybridized carbons (Fsp3) is 0.350. The van der Waals surface area contributed by atoms with Crippen LogP contribution >= 0.6 is 15.9 Å². The molecule has 1 N–H and O–H groups in total. The molecule has 0 radical (unpaired) electrons. The highest BCUT2D eigenvalue weighted by Gasteiger charge is 2.20. The van der Waals surface area contributed by atoms with Gasteiger partial charge in [-0.2, -0.15) is 0 Å². The number of likely N-dealkylation sites (N-methyl/N-ethyl adjacent to an activating group) is 1. The maximum Gasteiger partial charge on any atom is 0.241 e. The van der Waals surface area contributed by atoms with Crippen LogP contribution in [0.1, 0.15) is 18.1 Å². The first-order valence-corrected chi connectivity index (χ1v) is 9.39. The van der Waals surface area contributed by atoms with Crippen molar-refractivity contribution in [3.63, 3.8) is 0 Å². The van der Waals surface area contributed by atoms with Crippen LogP contribution in [0.4, 0.5) is 5.69 Å². The molecule has 0 unspecified atom stereocenters. The zero-order chi connectivity index (χ0) is 18.7. The third-order valence-electron chi connectivity index (χ3n) is 4.46. The fourth-order valence-electron chi connectivity index (χ4n) is 2.77. The van der Waals surface area contributed by atoms with Crippen LogP contribution in [0.25, 0.3) is 0 Å². The molecule has 0 aromatic heterocycles. The van der Waals surface area contributed by atoms with Crippen LogP contribution in [0.5, 0.6) is 11.5 Å². The molecule has 2 aromatic rings. The number of nitrogens with zero attached hydrogens (tertiary/aromatic N) is 1. The summed E-state index contributed by atoms with van der Waals surface area (Å²) in [6, 6.07) is 11.5. The smallest absolute Gasteiger partial charge is 0.241 e. The Kier molecular flexibility index (Phi) is 5.84. The number of halogens is 1. The van der Waals surface area contributed by atoms with Gasteiger partial charge in [0.15, 0.2) is 11.5 Å². The summed E-state index contributed by atoms with van der Waals surface area (Å²) in [4.78, 5) is 14.6. The third-order valence-corrected chi connectivity index (χ3v) is 5.12. The largest absolute Gasteiger partial charge is 0.486 e. The number of hydrogen-bond donors (Lipinski definition) is 1. The minimum atomic E-state index is -0.281. The summed E-state index contributed by atoms with van der Waals surface area (Å²) >= 11 is 3.50. The van der Waals surface area contributed by atoms with Gasteiger partial charge in [-0.25, -0.2) is 0 Å². The van der Waals surface area contributed by atoms with Crippen LogP contribution in [-0.4, -0.2) is 37.1 Å². The van der Waals surface area contributed by atoms with Gasteiger partial charge in [0.2, 0.25) is 5.91 Å². The minimum absolute atomic E-state index is 0.0467. The second-order valence-corrected chi connectivity index (χ2v) is 7.40. The number of carbonyl (C=O) groups excluding carboxylic acids is 1. The highest BCUT2D eigenvalue weighted by Crippen LogP contribution is 2.31. The lowest BCUT2D eigenvalue weighted by atomic mass is 10.1. The molecule has 2 aromatic carbocycles. The normalized spacial score (nSPS) is 14.2. The van der Waals surface area contributed by atoms with E-state index in [0.717, 1.165) is 32.8 Å². The van der Waals surface area contributed by atoms with Crippen molar-refractivity contribution in [2.24, 2.45) is 0 Å². The average molecular weight is 419 g/mol. The zero-order valence-electron chi connectivity index (χ0n) is 15.2. The molecule has 0 saturated carbocycles. The summed E-state index contributed by atoms with van der Waals surface area (Å²) in [6.45, 7) is 5.70. The molecule has 5 nitrogen and oxygen atoms in total. The van der Waals surface area contributed by atoms with Crippen LogP contribution in [0.3, 0.4) is 0 Å². The Bertz CT molecular complexity index is 810. The average Bonchev–Trinajstić information content (AvgIpc) is 2.63. The number of nitrogens with one attached hydrogen (secondary N) is 1. The van der Waals surface area contributed by atoms with Gasteiger partial charge in [-0.3, -0.25) is 9.69 Å². The van der Waals surface area contributed by atoms with E-state index in [1.807, 2.05) is 62.2 Å². The molecule has 6 heteroatoms. The molecule has 0 aliphatic carbocycles. The molecule has 1 heterocycles. The van der Waals surface area contributed by atoms with E-state index in [-0.39, 0.29) is 11.9 Å². The van der Waals surface area contributed by atoms with Gasteiger partial charge in [-0.05, 0) is 72.2 Å². The Hall–Kier alpha value is -2.05. The highest BCUT2D eigenvalue weighted by atomic mass is 79.9. The van der Waals surface area contributed by atoms with E-state index in [0.29, 0.717) is 19.8 Å². The number of carbonyl (C=O) groups is 1. The van der Waals surface area contributed by atoms with Gasteiger partial charge >= 0.3 is 0 Å². The minimum Gasteiger partial charge on any atom is -0.486 e. The summed E-state index contributed by atoms with van der Waals surface area (Å²) in [7, 11) is 1.94. The van der Waals surface area contributed by atoms with Crippen LogP contribution < -0.4 is 14.8 Å². The molecule has 1 aliphatic heterocycles. The number of anilines is 1. The van der Waals surface area contributed by atoms with Gasteiger partial charge < -0.3 is 14.8 Å². The molecule has 0 bridgehead atoms. The first-order chi connectivity index (χ1) is 12.4. The Morgan fingerprint density at radius 2 is 1.92 bits per heavy atom. The predicted octanol–water partition coefficient (Wildman–Crippen LogP) is 3.99. The van der Waals surface area contributed by atoms with Gasteiger partial charge in [0.05, 0.1) is 11.7 Å². The van der Waals surface area contributed by atoms with Crippen molar-refractivity contribution in [2.75, 3.05) is 25.6 Å². The first-order valence-electron chi connectivity index (χ1n) is 8.60. The maximum absolute atomic E-state index is 12.6. The molecule has 138 valence electrons. The van der Waals surface area contributed by atoms with Gasteiger partial charge in [0.25, 0.3) is 0 Å². The molecule has 0 saturated heterocycles. The van der Waals surface area contributed by atoms with E-state index >= 15 is 0 Å². The van der Waals surface area contributed by atoms with Gasteiger partial charge in [-0.15, -0.1) is 0 Å². The number of amides is 1. The number of ether oxygens (including phenoxy) is 2. The molecule has 1 amide bonds. The summed E-state index contributed by atoms with van der Waals surface area (Å²) in [5.41, 5.74) is 2.99. The summed E-state index contributed by atoms with van der Waals surface area (Å²) < 4.78 is 12.1. The monoisotopic (exact) mass is 418 g/mol. The number of hydrogen-bond acceptors (Lipinski definition) is 4. The zero-order valence-corrected chi connectivity index (χ0v) is 16.8. The SMILES string of the molecule is Cc1ccc(NC(=O)[C@@H](C)N(C)Cc2ccc3c(c2)OCCO3)c(Br)c1.